The normalized spacial score (nSPS) is 47.6. The molecular formula is C24H32O4. The van der Waals surface area contributed by atoms with E-state index in [1.807, 2.05) is 6.07 Å². The summed E-state index contributed by atoms with van der Waals surface area (Å²) >= 11 is 0. The number of hydrogen-bond acceptors (Lipinski definition) is 4. The largest absolute Gasteiger partial charge is 0.431 e. The first kappa shape index (κ1) is 18.6. The van der Waals surface area contributed by atoms with E-state index < -0.39 is 5.60 Å². The fourth-order valence-electron chi connectivity index (χ4n) is 7.78. The van der Waals surface area contributed by atoms with Gasteiger partial charge in [0.1, 0.15) is 0 Å². The topological polar surface area (TPSA) is 70.7 Å². The predicted octanol–water partition coefficient (Wildman–Crippen LogP) is 4.16. The summed E-state index contributed by atoms with van der Waals surface area (Å²) in [5.41, 5.74) is 1.45. The molecule has 152 valence electrons. The fraction of sp³-hybridized carbons (Fsp3) is 0.708. The van der Waals surface area contributed by atoms with Crippen molar-refractivity contribution in [3.8, 4) is 0 Å². The molecule has 4 aliphatic rings. The van der Waals surface area contributed by atoms with Gasteiger partial charge < -0.3 is 14.6 Å². The molecule has 0 aromatic carbocycles. The molecule has 0 amide bonds. The molecular weight excluding hydrogens is 352 g/mol. The lowest BCUT2D eigenvalue weighted by molar-refractivity contribution is -0.178. The summed E-state index contributed by atoms with van der Waals surface area (Å²) in [5, 5.41) is 22.3. The van der Waals surface area contributed by atoms with Crippen molar-refractivity contribution in [3.05, 3.63) is 46.0 Å². The molecule has 3 unspecified atom stereocenters. The molecule has 0 spiro atoms. The Hall–Kier alpha value is -1.39. The van der Waals surface area contributed by atoms with E-state index in [0.717, 1.165) is 56.9 Å². The monoisotopic (exact) mass is 384 g/mol. The van der Waals surface area contributed by atoms with E-state index in [0.29, 0.717) is 11.8 Å². The molecule has 0 bridgehead atoms. The van der Waals surface area contributed by atoms with Crippen LogP contribution >= 0.6 is 0 Å². The third kappa shape index (κ3) is 2.34. The van der Waals surface area contributed by atoms with Crippen molar-refractivity contribution in [3.63, 3.8) is 0 Å². The van der Waals surface area contributed by atoms with Crippen LogP contribution in [0.3, 0.4) is 0 Å². The lowest BCUT2D eigenvalue weighted by Gasteiger charge is -2.61. The van der Waals surface area contributed by atoms with Gasteiger partial charge in [0.25, 0.3) is 0 Å². The molecule has 3 saturated carbocycles. The van der Waals surface area contributed by atoms with E-state index in [2.05, 4.69) is 19.9 Å². The number of rotatable bonds is 1. The van der Waals surface area contributed by atoms with Gasteiger partial charge >= 0.3 is 5.63 Å². The van der Waals surface area contributed by atoms with Gasteiger partial charge in [-0.05, 0) is 86.2 Å². The van der Waals surface area contributed by atoms with Crippen LogP contribution in [0.5, 0.6) is 0 Å². The Bertz CT molecular complexity index is 851. The minimum Gasteiger partial charge on any atom is -0.431 e. The Labute approximate surface area is 166 Å². The van der Waals surface area contributed by atoms with Crippen LogP contribution in [0.15, 0.2) is 39.3 Å². The molecule has 4 aliphatic carbocycles. The highest BCUT2D eigenvalue weighted by Gasteiger charge is 2.66. The minimum absolute atomic E-state index is 0.122. The molecule has 28 heavy (non-hydrogen) atoms. The Balaban J connectivity index is 1.51. The average molecular weight is 385 g/mol. The summed E-state index contributed by atoms with van der Waals surface area (Å²) in [7, 11) is 0. The van der Waals surface area contributed by atoms with Crippen LogP contribution < -0.4 is 5.63 Å². The van der Waals surface area contributed by atoms with Gasteiger partial charge in [0.15, 0.2) is 0 Å². The minimum atomic E-state index is -0.665. The van der Waals surface area contributed by atoms with Gasteiger partial charge in [0.05, 0.1) is 18.0 Å². The van der Waals surface area contributed by atoms with Crippen LogP contribution in [-0.2, 0) is 0 Å². The second-order valence-corrected chi connectivity index (χ2v) is 10.3. The molecule has 1 heterocycles. The molecule has 2 N–H and O–H groups in total. The number of fused-ring (bicyclic) bond motifs is 5. The van der Waals surface area contributed by atoms with Crippen molar-refractivity contribution in [1.29, 1.82) is 0 Å². The van der Waals surface area contributed by atoms with Gasteiger partial charge in [0, 0.05) is 11.5 Å². The van der Waals surface area contributed by atoms with Gasteiger partial charge in [-0.1, -0.05) is 25.5 Å². The molecule has 1 aromatic heterocycles. The molecule has 3 fully saturated rings. The van der Waals surface area contributed by atoms with Crippen molar-refractivity contribution in [2.24, 2.45) is 22.7 Å². The number of allylic oxidation sites excluding steroid dienone is 1. The van der Waals surface area contributed by atoms with Crippen molar-refractivity contribution in [1.82, 2.24) is 0 Å². The van der Waals surface area contributed by atoms with Gasteiger partial charge in [-0.2, -0.15) is 0 Å². The lowest BCUT2D eigenvalue weighted by Crippen LogP contribution is -2.60. The summed E-state index contributed by atoms with van der Waals surface area (Å²) in [5.74, 6) is 1.04. The zero-order valence-corrected chi connectivity index (χ0v) is 17.0. The summed E-state index contributed by atoms with van der Waals surface area (Å²) in [4.78, 5) is 11.4. The summed E-state index contributed by atoms with van der Waals surface area (Å²) in [6.07, 6.45) is 11.2. The van der Waals surface area contributed by atoms with Crippen LogP contribution in [0.4, 0.5) is 0 Å². The van der Waals surface area contributed by atoms with Crippen molar-refractivity contribution < 1.29 is 14.6 Å². The quantitative estimate of drug-likeness (QED) is 0.713. The Morgan fingerprint density at radius 3 is 2.61 bits per heavy atom. The van der Waals surface area contributed by atoms with Crippen LogP contribution in [0.25, 0.3) is 0 Å². The standard InChI is InChI=1S/C24H32O4/c1-22-10-7-17(25)13-16(22)4-5-20-19(22)8-11-23(2)18(9-12-24(20,23)27)15-3-6-21(26)28-14-15/h3,6,13-14,17-20,25,27H,4-5,7-12H2,1-2H3/t17-,18?,19?,20?,22-,23+,24-/m0/s1. The maximum absolute atomic E-state index is 12.1. The highest BCUT2D eigenvalue weighted by Crippen LogP contribution is 2.70. The van der Waals surface area contributed by atoms with Crippen LogP contribution in [0, 0.1) is 22.7 Å². The molecule has 1 aromatic rings. The van der Waals surface area contributed by atoms with Gasteiger partial charge in [-0.3, -0.25) is 0 Å². The predicted molar refractivity (Wildman–Crippen MR) is 107 cm³/mol. The first-order valence-corrected chi connectivity index (χ1v) is 11.0. The molecule has 4 heteroatoms. The molecule has 0 saturated heterocycles. The average Bonchev–Trinajstić information content (AvgIpc) is 2.95. The highest BCUT2D eigenvalue weighted by molar-refractivity contribution is 5.31. The van der Waals surface area contributed by atoms with Crippen molar-refractivity contribution in [2.45, 2.75) is 82.8 Å². The second-order valence-electron chi connectivity index (χ2n) is 10.3. The van der Waals surface area contributed by atoms with E-state index in [1.165, 1.54) is 11.6 Å². The molecule has 0 aliphatic heterocycles. The number of aliphatic hydroxyl groups excluding tert-OH is 1. The zero-order chi connectivity index (χ0) is 19.7. The summed E-state index contributed by atoms with van der Waals surface area (Å²) in [6.45, 7) is 4.65. The van der Waals surface area contributed by atoms with Crippen molar-refractivity contribution >= 4 is 0 Å². The first-order valence-electron chi connectivity index (χ1n) is 11.0. The van der Waals surface area contributed by atoms with E-state index in [-0.39, 0.29) is 28.5 Å². The molecule has 4 nitrogen and oxygen atoms in total. The van der Waals surface area contributed by atoms with Gasteiger partial charge in [-0.15, -0.1) is 0 Å². The van der Waals surface area contributed by atoms with E-state index in [9.17, 15) is 15.0 Å². The molecule has 5 rings (SSSR count). The first-order chi connectivity index (χ1) is 13.3. The molecule has 7 atom stereocenters. The maximum atomic E-state index is 12.1. The summed E-state index contributed by atoms with van der Waals surface area (Å²) < 4.78 is 5.16. The van der Waals surface area contributed by atoms with Crippen LogP contribution in [0.2, 0.25) is 0 Å². The van der Waals surface area contributed by atoms with Crippen molar-refractivity contribution in [2.75, 3.05) is 0 Å². The second kappa shape index (κ2) is 6.06. The van der Waals surface area contributed by atoms with E-state index >= 15 is 0 Å². The maximum Gasteiger partial charge on any atom is 0.335 e. The van der Waals surface area contributed by atoms with Gasteiger partial charge in [-0.25, -0.2) is 4.79 Å². The Morgan fingerprint density at radius 2 is 1.86 bits per heavy atom. The number of hydrogen-bond donors (Lipinski definition) is 2. The van der Waals surface area contributed by atoms with E-state index in [4.69, 9.17) is 4.42 Å². The highest BCUT2D eigenvalue weighted by atomic mass is 16.4. The smallest absolute Gasteiger partial charge is 0.335 e. The lowest BCUT2D eigenvalue weighted by atomic mass is 9.45. The Kier molecular flexibility index (Phi) is 4.03. The van der Waals surface area contributed by atoms with E-state index in [1.54, 1.807) is 6.26 Å². The SMILES string of the molecule is C[C@]12CC[C@H](O)C=C1CCC1C2CC[C@]2(C)C(c3ccc(=O)oc3)CC[C@]12O. The number of aliphatic hydroxyl groups is 2. The Morgan fingerprint density at radius 1 is 1.04 bits per heavy atom. The molecule has 0 radical (unpaired) electrons. The van der Waals surface area contributed by atoms with Crippen LogP contribution in [0.1, 0.15) is 76.7 Å². The van der Waals surface area contributed by atoms with Crippen LogP contribution in [-0.4, -0.2) is 21.9 Å². The zero-order valence-electron chi connectivity index (χ0n) is 17.0. The fourth-order valence-corrected chi connectivity index (χ4v) is 7.78. The third-order valence-electron chi connectivity index (χ3n) is 9.40. The van der Waals surface area contributed by atoms with Gasteiger partial charge in [0.2, 0.25) is 0 Å². The third-order valence-corrected chi connectivity index (χ3v) is 9.40. The summed E-state index contributed by atoms with van der Waals surface area (Å²) in [6, 6.07) is 3.40.